The Morgan fingerprint density at radius 1 is 1.54 bits per heavy atom. The molecule has 1 rings (SSSR count). The fourth-order valence-corrected chi connectivity index (χ4v) is 1.61. The molecule has 5 heteroatoms. The van der Waals surface area contributed by atoms with E-state index < -0.39 is 5.82 Å². The van der Waals surface area contributed by atoms with Crippen molar-refractivity contribution in [1.82, 2.24) is 0 Å². The largest absolute Gasteiger partial charge is 0.463 e. The minimum atomic E-state index is -0.517. The predicted octanol–water partition coefficient (Wildman–Crippen LogP) is 3.22. The van der Waals surface area contributed by atoms with E-state index in [4.69, 9.17) is 16.3 Å². The topological polar surface area (TPSA) is 18.5 Å². The minimum Gasteiger partial charge on any atom is -0.463 e. The van der Waals surface area contributed by atoms with Gasteiger partial charge in [-0.2, -0.15) is 0 Å². The van der Waals surface area contributed by atoms with E-state index >= 15 is 0 Å². The molecule has 0 aliphatic heterocycles. The van der Waals surface area contributed by atoms with Gasteiger partial charge in [0.2, 0.25) is 0 Å². The molecular formula is C8H7BrClFO2. The van der Waals surface area contributed by atoms with Crippen molar-refractivity contribution in [3.63, 3.8) is 0 Å². The molecule has 0 amide bonds. The van der Waals surface area contributed by atoms with Gasteiger partial charge in [-0.25, -0.2) is 4.39 Å². The Balaban J connectivity index is 2.92. The summed E-state index contributed by atoms with van der Waals surface area (Å²) in [6, 6.07) is 2.83. The second-order valence-electron chi connectivity index (χ2n) is 2.25. The van der Waals surface area contributed by atoms with E-state index in [0.29, 0.717) is 4.47 Å². The summed E-state index contributed by atoms with van der Waals surface area (Å²) in [6.07, 6.45) is 0. The Kier molecular flexibility index (Phi) is 3.96. The number of methoxy groups -OCH3 is 1. The van der Waals surface area contributed by atoms with Crippen molar-refractivity contribution in [1.29, 1.82) is 0 Å². The fraction of sp³-hybridized carbons (Fsp3) is 0.250. The standard InChI is InChI=1S/C8H7BrClFO2/c1-12-4-13-8-6(10)2-5(9)3-7(8)11/h2-3H,4H2,1H3. The van der Waals surface area contributed by atoms with E-state index in [1.54, 1.807) is 6.07 Å². The summed E-state index contributed by atoms with van der Waals surface area (Å²) >= 11 is 8.82. The summed E-state index contributed by atoms with van der Waals surface area (Å²) in [5.74, 6) is -0.511. The van der Waals surface area contributed by atoms with E-state index in [2.05, 4.69) is 20.7 Å². The zero-order valence-electron chi connectivity index (χ0n) is 6.81. The summed E-state index contributed by atoms with van der Waals surface area (Å²) in [7, 11) is 1.45. The highest BCUT2D eigenvalue weighted by atomic mass is 79.9. The minimum absolute atomic E-state index is 0.00622. The number of benzene rings is 1. The SMILES string of the molecule is COCOc1c(F)cc(Br)cc1Cl. The van der Waals surface area contributed by atoms with Gasteiger partial charge in [0.15, 0.2) is 18.4 Å². The van der Waals surface area contributed by atoms with Gasteiger partial charge in [-0.15, -0.1) is 0 Å². The molecule has 72 valence electrons. The smallest absolute Gasteiger partial charge is 0.188 e. The number of rotatable bonds is 3. The Morgan fingerprint density at radius 3 is 2.77 bits per heavy atom. The van der Waals surface area contributed by atoms with Crippen LogP contribution in [-0.4, -0.2) is 13.9 Å². The van der Waals surface area contributed by atoms with Crippen molar-refractivity contribution < 1.29 is 13.9 Å². The quantitative estimate of drug-likeness (QED) is 0.784. The van der Waals surface area contributed by atoms with Crippen molar-refractivity contribution in [2.45, 2.75) is 0 Å². The highest BCUT2D eigenvalue weighted by molar-refractivity contribution is 9.10. The average Bonchev–Trinajstić information content (AvgIpc) is 2.02. The molecule has 0 aromatic heterocycles. The molecule has 2 nitrogen and oxygen atoms in total. The van der Waals surface area contributed by atoms with Crippen molar-refractivity contribution in [3.8, 4) is 5.75 Å². The first kappa shape index (κ1) is 10.8. The molecule has 0 heterocycles. The predicted molar refractivity (Wildman–Crippen MR) is 51.6 cm³/mol. The molecule has 0 radical (unpaired) electrons. The molecule has 0 fully saturated rings. The van der Waals surface area contributed by atoms with Crippen LogP contribution in [0.25, 0.3) is 0 Å². The number of hydrogen-bond acceptors (Lipinski definition) is 2. The van der Waals surface area contributed by atoms with Gasteiger partial charge in [-0.1, -0.05) is 27.5 Å². The van der Waals surface area contributed by atoms with Crippen LogP contribution in [0.15, 0.2) is 16.6 Å². The lowest BCUT2D eigenvalue weighted by Crippen LogP contribution is -2.01. The van der Waals surface area contributed by atoms with Crippen molar-refractivity contribution in [2.24, 2.45) is 0 Å². The molecule has 0 saturated heterocycles. The first-order valence-electron chi connectivity index (χ1n) is 3.41. The molecule has 0 unspecified atom stereocenters. The fourth-order valence-electron chi connectivity index (χ4n) is 0.785. The van der Waals surface area contributed by atoms with E-state index in [9.17, 15) is 4.39 Å². The summed E-state index contributed by atoms with van der Waals surface area (Å²) < 4.78 is 23.3. The summed E-state index contributed by atoms with van der Waals surface area (Å²) in [4.78, 5) is 0. The molecule has 0 N–H and O–H groups in total. The maximum Gasteiger partial charge on any atom is 0.188 e. The lowest BCUT2D eigenvalue weighted by Gasteiger charge is -2.07. The lowest BCUT2D eigenvalue weighted by atomic mass is 10.3. The van der Waals surface area contributed by atoms with Crippen LogP contribution in [0, 0.1) is 5.82 Å². The highest BCUT2D eigenvalue weighted by Gasteiger charge is 2.09. The van der Waals surface area contributed by atoms with Crippen LogP contribution in [0.2, 0.25) is 5.02 Å². The third-order valence-corrected chi connectivity index (χ3v) is 2.02. The van der Waals surface area contributed by atoms with Gasteiger partial charge < -0.3 is 9.47 Å². The summed E-state index contributed by atoms with van der Waals surface area (Å²) in [5.41, 5.74) is 0. The molecule has 0 aliphatic rings. The zero-order valence-corrected chi connectivity index (χ0v) is 9.15. The van der Waals surface area contributed by atoms with Crippen LogP contribution >= 0.6 is 27.5 Å². The molecule has 0 aliphatic carbocycles. The highest BCUT2D eigenvalue weighted by Crippen LogP contribution is 2.31. The van der Waals surface area contributed by atoms with Gasteiger partial charge in [-0.05, 0) is 12.1 Å². The van der Waals surface area contributed by atoms with Gasteiger partial charge in [-0.3, -0.25) is 0 Å². The number of ether oxygens (including phenoxy) is 2. The van der Waals surface area contributed by atoms with Crippen LogP contribution in [0.4, 0.5) is 4.39 Å². The van der Waals surface area contributed by atoms with E-state index in [-0.39, 0.29) is 17.6 Å². The third-order valence-electron chi connectivity index (χ3n) is 1.28. The van der Waals surface area contributed by atoms with Gasteiger partial charge >= 0.3 is 0 Å². The van der Waals surface area contributed by atoms with Gasteiger partial charge in [0.25, 0.3) is 0 Å². The Bertz CT molecular complexity index is 283. The monoisotopic (exact) mass is 268 g/mol. The zero-order chi connectivity index (χ0) is 9.84. The molecule has 0 bridgehead atoms. The van der Waals surface area contributed by atoms with Crippen LogP contribution in [-0.2, 0) is 4.74 Å². The second-order valence-corrected chi connectivity index (χ2v) is 3.57. The summed E-state index contributed by atoms with van der Waals surface area (Å²) in [6.45, 7) is -0.0295. The Hall–Kier alpha value is -0.320. The lowest BCUT2D eigenvalue weighted by molar-refractivity contribution is 0.0483. The van der Waals surface area contributed by atoms with Gasteiger partial charge in [0, 0.05) is 11.6 Å². The van der Waals surface area contributed by atoms with Crippen LogP contribution in [0.1, 0.15) is 0 Å². The maximum atomic E-state index is 13.1. The van der Waals surface area contributed by atoms with Crippen LogP contribution < -0.4 is 4.74 Å². The molecule has 13 heavy (non-hydrogen) atoms. The second kappa shape index (κ2) is 4.79. The summed E-state index contributed by atoms with van der Waals surface area (Å²) in [5, 5.41) is 0.212. The van der Waals surface area contributed by atoms with Crippen molar-refractivity contribution in [3.05, 3.63) is 27.4 Å². The molecule has 1 aromatic rings. The first-order valence-corrected chi connectivity index (χ1v) is 4.58. The normalized spacial score (nSPS) is 10.2. The third kappa shape index (κ3) is 2.83. The molecule has 0 saturated carbocycles. The first-order chi connectivity index (χ1) is 6.15. The molecule has 0 spiro atoms. The molecule has 0 atom stereocenters. The van der Waals surface area contributed by atoms with Crippen molar-refractivity contribution in [2.75, 3.05) is 13.9 Å². The van der Waals surface area contributed by atoms with Crippen molar-refractivity contribution >= 4 is 27.5 Å². The molecular weight excluding hydrogens is 262 g/mol. The average molecular weight is 269 g/mol. The maximum absolute atomic E-state index is 13.1. The van der Waals surface area contributed by atoms with Crippen LogP contribution in [0.3, 0.4) is 0 Å². The number of hydrogen-bond donors (Lipinski definition) is 0. The Labute approximate surface area is 88.7 Å². The Morgan fingerprint density at radius 2 is 2.23 bits per heavy atom. The van der Waals surface area contributed by atoms with Gasteiger partial charge in [0.05, 0.1) is 5.02 Å². The van der Waals surface area contributed by atoms with Crippen LogP contribution in [0.5, 0.6) is 5.75 Å². The number of halogens is 3. The van der Waals surface area contributed by atoms with E-state index in [0.717, 1.165) is 0 Å². The van der Waals surface area contributed by atoms with Gasteiger partial charge in [0.1, 0.15) is 0 Å². The molecule has 1 aromatic carbocycles. The van der Waals surface area contributed by atoms with E-state index in [1.807, 2.05) is 0 Å². The van der Waals surface area contributed by atoms with E-state index in [1.165, 1.54) is 13.2 Å².